The maximum absolute atomic E-state index is 11.5. The number of allylic oxidation sites excluding steroid dienone is 3. The number of ketones is 1. The Bertz CT molecular complexity index is 703. The molecule has 0 N–H and O–H groups in total. The number of hydrogen-bond acceptors (Lipinski definition) is 4. The van der Waals surface area contributed by atoms with E-state index in [2.05, 4.69) is 24.6 Å². The van der Waals surface area contributed by atoms with Gasteiger partial charge >= 0.3 is 0 Å². The van der Waals surface area contributed by atoms with Crippen molar-refractivity contribution in [3.63, 3.8) is 0 Å². The van der Waals surface area contributed by atoms with Gasteiger partial charge < -0.3 is 9.15 Å². The van der Waals surface area contributed by atoms with Crippen LogP contribution in [0.5, 0.6) is 0 Å². The van der Waals surface area contributed by atoms with Crippen LogP contribution >= 0.6 is 0 Å². The van der Waals surface area contributed by atoms with Crippen molar-refractivity contribution in [2.45, 2.75) is 63.6 Å². The Kier molecular flexibility index (Phi) is 3.75. The molecule has 4 heteroatoms. The van der Waals surface area contributed by atoms with Gasteiger partial charge in [0, 0.05) is 6.92 Å². The average molecular weight is 327 g/mol. The second-order valence-electron chi connectivity index (χ2n) is 7.38. The normalized spacial score (nSPS) is 36.7. The Morgan fingerprint density at radius 3 is 2.96 bits per heavy atom. The number of carbonyl (C=O) groups is 1. The van der Waals surface area contributed by atoms with E-state index in [0.29, 0.717) is 29.5 Å². The van der Waals surface area contributed by atoms with Gasteiger partial charge in [0.2, 0.25) is 5.89 Å². The van der Waals surface area contributed by atoms with E-state index in [9.17, 15) is 4.79 Å². The van der Waals surface area contributed by atoms with Gasteiger partial charge in [0.05, 0.1) is 12.0 Å². The second-order valence-corrected chi connectivity index (χ2v) is 7.38. The molecular weight excluding hydrogens is 302 g/mol. The van der Waals surface area contributed by atoms with Crippen molar-refractivity contribution in [3.05, 3.63) is 42.2 Å². The fourth-order valence-corrected chi connectivity index (χ4v) is 5.01. The first kappa shape index (κ1) is 15.8. The molecule has 3 fully saturated rings. The molecule has 0 aromatic carbocycles. The van der Waals surface area contributed by atoms with Crippen molar-refractivity contribution < 1.29 is 13.9 Å². The number of carbonyl (C=O) groups excluding carboxylic acids is 1. The predicted octanol–water partition coefficient (Wildman–Crippen LogP) is 4.44. The molecule has 3 aliphatic rings. The standard InChI is InChI=1S/C20H25NO3/c1-4-6-13(5-2)7-8-14-15-9-10-17-20(15,24-17)18(14)19-21-16(11-23-19)12(3)22/h5,7,11,14-15,17-18H,2,4,6,8-10H2,1,3H3/t14-,15+,17?,18+,20-/m0/s1. The van der Waals surface area contributed by atoms with Gasteiger partial charge in [-0.05, 0) is 37.5 Å². The summed E-state index contributed by atoms with van der Waals surface area (Å²) in [6, 6.07) is 0. The van der Waals surface area contributed by atoms with E-state index in [4.69, 9.17) is 9.15 Å². The Balaban J connectivity index is 1.58. The number of oxazole rings is 1. The monoisotopic (exact) mass is 327 g/mol. The predicted molar refractivity (Wildman–Crippen MR) is 90.9 cm³/mol. The molecule has 128 valence electrons. The summed E-state index contributed by atoms with van der Waals surface area (Å²) in [7, 11) is 0. The molecule has 1 aromatic rings. The first-order valence-corrected chi connectivity index (χ1v) is 9.07. The molecule has 0 amide bonds. The molecule has 4 rings (SSSR count). The minimum Gasteiger partial charge on any atom is -0.448 e. The highest BCUT2D eigenvalue weighted by Crippen LogP contribution is 2.74. The highest BCUT2D eigenvalue weighted by atomic mass is 16.6. The molecule has 1 aromatic heterocycles. The van der Waals surface area contributed by atoms with E-state index in [-0.39, 0.29) is 17.3 Å². The van der Waals surface area contributed by atoms with E-state index < -0.39 is 0 Å². The third-order valence-corrected chi connectivity index (χ3v) is 6.14. The zero-order valence-corrected chi connectivity index (χ0v) is 14.5. The molecule has 24 heavy (non-hydrogen) atoms. The van der Waals surface area contributed by atoms with Crippen LogP contribution in [-0.4, -0.2) is 22.5 Å². The lowest BCUT2D eigenvalue weighted by molar-refractivity contribution is -0.0183. The lowest BCUT2D eigenvalue weighted by Crippen LogP contribution is -2.51. The van der Waals surface area contributed by atoms with Crippen molar-refractivity contribution in [1.29, 1.82) is 0 Å². The minimum atomic E-state index is -0.0496. The molecule has 1 saturated heterocycles. The zero-order chi connectivity index (χ0) is 16.9. The van der Waals surface area contributed by atoms with Crippen LogP contribution in [0.25, 0.3) is 0 Å². The Morgan fingerprint density at radius 1 is 1.50 bits per heavy atom. The van der Waals surface area contributed by atoms with Crippen molar-refractivity contribution in [2.24, 2.45) is 11.8 Å². The Labute approximate surface area is 143 Å². The molecule has 5 atom stereocenters. The van der Waals surface area contributed by atoms with Crippen molar-refractivity contribution in [2.75, 3.05) is 0 Å². The summed E-state index contributed by atoms with van der Waals surface area (Å²) in [5.74, 6) is 1.92. The van der Waals surface area contributed by atoms with Crippen LogP contribution in [-0.2, 0) is 4.74 Å². The summed E-state index contributed by atoms with van der Waals surface area (Å²) >= 11 is 0. The molecule has 2 saturated carbocycles. The van der Waals surface area contributed by atoms with E-state index >= 15 is 0 Å². The van der Waals surface area contributed by atoms with Gasteiger partial charge in [-0.2, -0.15) is 0 Å². The molecule has 0 bridgehead atoms. The molecule has 1 spiro atoms. The molecular formula is C20H25NO3. The molecule has 1 aliphatic heterocycles. The molecule has 2 aliphatic carbocycles. The summed E-state index contributed by atoms with van der Waals surface area (Å²) in [6.45, 7) is 7.64. The third kappa shape index (κ3) is 2.16. The van der Waals surface area contributed by atoms with E-state index in [1.165, 1.54) is 25.2 Å². The molecule has 1 unspecified atom stereocenters. The number of ether oxygens (including phenoxy) is 1. The highest BCUT2D eigenvalue weighted by molar-refractivity contribution is 5.91. The van der Waals surface area contributed by atoms with Crippen molar-refractivity contribution in [1.82, 2.24) is 4.98 Å². The Hall–Kier alpha value is -1.68. The van der Waals surface area contributed by atoms with Crippen LogP contribution in [0.15, 0.2) is 35.0 Å². The molecule has 0 radical (unpaired) electrons. The van der Waals surface area contributed by atoms with Crippen LogP contribution in [0, 0.1) is 11.8 Å². The van der Waals surface area contributed by atoms with Gasteiger partial charge in [0.25, 0.3) is 0 Å². The average Bonchev–Trinajstić information content (AvgIpc) is 2.97. The number of hydrogen-bond donors (Lipinski definition) is 0. The van der Waals surface area contributed by atoms with Gasteiger partial charge in [0.15, 0.2) is 5.78 Å². The van der Waals surface area contributed by atoms with Crippen molar-refractivity contribution in [3.8, 4) is 0 Å². The molecule has 4 nitrogen and oxygen atoms in total. The third-order valence-electron chi connectivity index (χ3n) is 6.14. The first-order chi connectivity index (χ1) is 11.6. The number of aromatic nitrogens is 1. The summed E-state index contributed by atoms with van der Waals surface area (Å²) in [4.78, 5) is 16.0. The summed E-state index contributed by atoms with van der Waals surface area (Å²) < 4.78 is 11.7. The summed E-state index contributed by atoms with van der Waals surface area (Å²) in [5.41, 5.74) is 1.70. The topological polar surface area (TPSA) is 55.6 Å². The number of Topliss-reactive ketones (excluding diaryl/α,β-unsaturated/α-hetero) is 1. The van der Waals surface area contributed by atoms with E-state index in [0.717, 1.165) is 25.7 Å². The highest BCUT2D eigenvalue weighted by Gasteiger charge is 2.80. The quantitative estimate of drug-likeness (QED) is 0.422. The lowest BCUT2D eigenvalue weighted by Gasteiger charge is -2.47. The maximum Gasteiger partial charge on any atom is 0.201 e. The maximum atomic E-state index is 11.5. The summed E-state index contributed by atoms with van der Waals surface area (Å²) in [6.07, 6.45) is 11.7. The fraction of sp³-hybridized carbons (Fsp3) is 0.600. The SMILES string of the molecule is C=CC(=CC[C@H]1[C@H]2CCC3O[C@]32[C@H]1c1nc(C(C)=O)co1)CCC. The summed E-state index contributed by atoms with van der Waals surface area (Å²) in [5, 5.41) is 0. The number of rotatable bonds is 7. The van der Waals surface area contributed by atoms with Crippen LogP contribution < -0.4 is 0 Å². The fourth-order valence-electron chi connectivity index (χ4n) is 5.01. The van der Waals surface area contributed by atoms with E-state index in [1.54, 1.807) is 0 Å². The van der Waals surface area contributed by atoms with E-state index in [1.807, 2.05) is 6.08 Å². The van der Waals surface area contributed by atoms with Gasteiger partial charge in [-0.3, -0.25) is 4.79 Å². The largest absolute Gasteiger partial charge is 0.448 e. The van der Waals surface area contributed by atoms with Crippen LogP contribution in [0.3, 0.4) is 0 Å². The first-order valence-electron chi connectivity index (χ1n) is 9.07. The lowest BCUT2D eigenvalue weighted by atomic mass is 9.55. The van der Waals surface area contributed by atoms with Gasteiger partial charge in [-0.1, -0.05) is 37.6 Å². The van der Waals surface area contributed by atoms with Gasteiger partial charge in [-0.25, -0.2) is 4.98 Å². The van der Waals surface area contributed by atoms with Crippen LogP contribution in [0.2, 0.25) is 0 Å². The number of epoxide rings is 1. The smallest absolute Gasteiger partial charge is 0.201 e. The molecule has 2 heterocycles. The second kappa shape index (κ2) is 5.69. The Morgan fingerprint density at radius 2 is 2.33 bits per heavy atom. The zero-order valence-electron chi connectivity index (χ0n) is 14.5. The van der Waals surface area contributed by atoms with Crippen molar-refractivity contribution >= 4 is 5.78 Å². The van der Waals surface area contributed by atoms with Gasteiger partial charge in [0.1, 0.15) is 17.6 Å². The minimum absolute atomic E-state index is 0.0451. The van der Waals surface area contributed by atoms with Crippen LogP contribution in [0.4, 0.5) is 0 Å². The van der Waals surface area contributed by atoms with Gasteiger partial charge in [-0.15, -0.1) is 0 Å². The number of nitrogens with zero attached hydrogens (tertiary/aromatic N) is 1. The van der Waals surface area contributed by atoms with Crippen LogP contribution in [0.1, 0.15) is 68.2 Å².